The quantitative estimate of drug-likeness (QED) is 0.173. The van der Waals surface area contributed by atoms with E-state index in [4.69, 9.17) is 22.9 Å². The number of nitrogens with zero attached hydrogens (tertiary/aromatic N) is 2. The molecule has 0 radical (unpaired) electrons. The Balaban J connectivity index is 2.49. The molecule has 0 bridgehead atoms. The second kappa shape index (κ2) is 12.9. The van der Waals surface area contributed by atoms with Crippen LogP contribution in [0.5, 0.6) is 0 Å². The van der Waals surface area contributed by atoms with Crippen molar-refractivity contribution in [2.75, 3.05) is 26.2 Å². The Bertz CT molecular complexity index is 451. The summed E-state index contributed by atoms with van der Waals surface area (Å²) in [6, 6.07) is 0.169. The molecule has 27 heavy (non-hydrogen) atoms. The monoisotopic (exact) mass is 383 g/mol. The molecule has 0 aliphatic carbocycles. The van der Waals surface area contributed by atoms with Gasteiger partial charge in [-0.3, -0.25) is 14.7 Å². The smallest absolute Gasteiger partial charge is 0.237 e. The Hall–Kier alpha value is -1.38. The molecule has 8 heteroatoms. The number of nitrogens with two attached hydrogens (primary N) is 4. The van der Waals surface area contributed by atoms with Crippen LogP contribution in [0.3, 0.4) is 0 Å². The van der Waals surface area contributed by atoms with E-state index < -0.39 is 0 Å². The van der Waals surface area contributed by atoms with Crippen LogP contribution in [-0.2, 0) is 4.79 Å². The van der Waals surface area contributed by atoms with Crippen LogP contribution in [0.25, 0.3) is 0 Å². The van der Waals surface area contributed by atoms with Gasteiger partial charge in [-0.2, -0.15) is 0 Å². The summed E-state index contributed by atoms with van der Waals surface area (Å²) in [5.74, 6) is 0.605. The average molecular weight is 384 g/mol. The zero-order chi connectivity index (χ0) is 20.2. The zero-order valence-corrected chi connectivity index (χ0v) is 17.2. The second-order valence-corrected chi connectivity index (χ2v) is 8.01. The number of unbranched alkanes of at least 4 members (excludes halogenated alkanes) is 1. The Labute approximate surface area is 164 Å². The molecule has 1 heterocycles. The van der Waals surface area contributed by atoms with Crippen LogP contribution in [0.15, 0.2) is 4.99 Å². The van der Waals surface area contributed by atoms with Gasteiger partial charge in [-0.05, 0) is 57.5 Å². The van der Waals surface area contributed by atoms with Crippen LogP contribution >= 0.6 is 0 Å². The van der Waals surface area contributed by atoms with Crippen molar-refractivity contribution in [1.82, 2.24) is 10.2 Å². The third-order valence-electron chi connectivity index (χ3n) is 5.26. The molecule has 1 aliphatic heterocycles. The lowest BCUT2D eigenvalue weighted by atomic mass is 9.98. The predicted octanol–water partition coefficient (Wildman–Crippen LogP) is 0.102. The van der Waals surface area contributed by atoms with E-state index in [0.717, 1.165) is 58.0 Å². The Morgan fingerprint density at radius 1 is 1.22 bits per heavy atom. The van der Waals surface area contributed by atoms with Gasteiger partial charge in [0.05, 0.1) is 6.04 Å². The largest absolute Gasteiger partial charge is 0.370 e. The molecule has 0 aromatic carbocycles. The number of hydrogen-bond acceptors (Lipinski definition) is 5. The normalized spacial score (nSPS) is 19.8. The van der Waals surface area contributed by atoms with Gasteiger partial charge in [0.15, 0.2) is 5.96 Å². The number of hydrogen-bond donors (Lipinski definition) is 5. The summed E-state index contributed by atoms with van der Waals surface area (Å²) in [5.41, 5.74) is 22.5. The van der Waals surface area contributed by atoms with Crippen LogP contribution in [0, 0.1) is 5.92 Å². The van der Waals surface area contributed by atoms with Crippen LogP contribution in [0.4, 0.5) is 0 Å². The fraction of sp³-hybridized carbons (Fsp3) is 0.895. The summed E-state index contributed by atoms with van der Waals surface area (Å²) in [6.45, 7) is 7.28. The van der Waals surface area contributed by atoms with Crippen molar-refractivity contribution < 1.29 is 4.79 Å². The molecule has 1 aliphatic rings. The molecule has 0 aromatic heterocycles. The van der Waals surface area contributed by atoms with E-state index in [-0.39, 0.29) is 30.0 Å². The van der Waals surface area contributed by atoms with Crippen molar-refractivity contribution in [3.63, 3.8) is 0 Å². The minimum absolute atomic E-state index is 0.0653. The fourth-order valence-corrected chi connectivity index (χ4v) is 3.66. The number of amides is 1. The van der Waals surface area contributed by atoms with Crippen molar-refractivity contribution in [3.8, 4) is 0 Å². The molecule has 158 valence electrons. The van der Waals surface area contributed by atoms with Gasteiger partial charge in [0.1, 0.15) is 0 Å². The van der Waals surface area contributed by atoms with E-state index >= 15 is 0 Å². The van der Waals surface area contributed by atoms with Crippen molar-refractivity contribution in [3.05, 3.63) is 0 Å². The van der Waals surface area contributed by atoms with Crippen LogP contribution in [-0.4, -0.2) is 61.1 Å². The highest BCUT2D eigenvalue weighted by molar-refractivity contribution is 5.82. The third-order valence-corrected chi connectivity index (χ3v) is 5.26. The zero-order valence-electron chi connectivity index (χ0n) is 17.2. The van der Waals surface area contributed by atoms with E-state index in [0.29, 0.717) is 19.0 Å². The number of nitrogens with one attached hydrogen (secondary N) is 1. The van der Waals surface area contributed by atoms with Crippen molar-refractivity contribution in [2.24, 2.45) is 33.8 Å². The van der Waals surface area contributed by atoms with Gasteiger partial charge in [-0.25, -0.2) is 0 Å². The van der Waals surface area contributed by atoms with Crippen molar-refractivity contribution in [1.29, 1.82) is 0 Å². The van der Waals surface area contributed by atoms with Crippen molar-refractivity contribution >= 4 is 11.9 Å². The Morgan fingerprint density at radius 2 is 1.96 bits per heavy atom. The lowest BCUT2D eigenvalue weighted by Gasteiger charge is -2.29. The summed E-state index contributed by atoms with van der Waals surface area (Å²) < 4.78 is 0. The first-order valence-electron chi connectivity index (χ1n) is 10.4. The molecular formula is C19H41N7O. The number of aliphatic imine (C=N–C) groups is 1. The van der Waals surface area contributed by atoms with E-state index in [9.17, 15) is 4.79 Å². The van der Waals surface area contributed by atoms with Crippen molar-refractivity contribution in [2.45, 2.75) is 76.9 Å². The van der Waals surface area contributed by atoms with Crippen LogP contribution < -0.4 is 28.3 Å². The summed E-state index contributed by atoms with van der Waals surface area (Å²) in [7, 11) is 0. The minimum atomic E-state index is -0.0653. The molecule has 1 rings (SSSR count). The Kier molecular flexibility index (Phi) is 11.3. The van der Waals surface area contributed by atoms with Crippen LogP contribution in [0.1, 0.15) is 58.8 Å². The first-order valence-corrected chi connectivity index (χ1v) is 10.4. The molecule has 1 amide bonds. The number of likely N-dealkylation sites (tertiary alicyclic amines) is 1. The summed E-state index contributed by atoms with van der Waals surface area (Å²) in [6.07, 6.45) is 6.68. The molecule has 8 nitrogen and oxygen atoms in total. The maximum Gasteiger partial charge on any atom is 0.237 e. The van der Waals surface area contributed by atoms with E-state index in [2.05, 4.69) is 29.1 Å². The molecule has 0 saturated carbocycles. The van der Waals surface area contributed by atoms with Gasteiger partial charge >= 0.3 is 0 Å². The maximum atomic E-state index is 12.9. The van der Waals surface area contributed by atoms with Gasteiger partial charge in [0, 0.05) is 25.2 Å². The SMILES string of the molecule is CC(C)[C@H](CCCN=C(N)N)NC(=O)C1CCCN1C[C@H](N)CCCCN. The molecule has 9 N–H and O–H groups in total. The lowest BCUT2D eigenvalue weighted by Crippen LogP contribution is -2.50. The first-order chi connectivity index (χ1) is 12.8. The Morgan fingerprint density at radius 3 is 2.59 bits per heavy atom. The van der Waals surface area contributed by atoms with Gasteiger partial charge in [-0.15, -0.1) is 0 Å². The number of carbonyl (C=O) groups excluding carboxylic acids is 1. The molecule has 0 aromatic rings. The topological polar surface area (TPSA) is 149 Å². The van der Waals surface area contributed by atoms with Gasteiger partial charge < -0.3 is 28.3 Å². The van der Waals surface area contributed by atoms with Crippen LogP contribution in [0.2, 0.25) is 0 Å². The fourth-order valence-electron chi connectivity index (χ4n) is 3.66. The average Bonchev–Trinajstić information content (AvgIpc) is 3.05. The minimum Gasteiger partial charge on any atom is -0.370 e. The van der Waals surface area contributed by atoms with E-state index in [1.54, 1.807) is 0 Å². The standard InChI is InChI=1S/C19H41N7O/c1-14(2)16(8-5-11-24-19(22)23)25-18(27)17-9-6-12-26(17)13-15(21)7-3-4-10-20/h14-17H,3-13,20-21H2,1-2H3,(H,25,27)(H4,22,23,24)/t15-,16+,17?/m1/s1. The van der Waals surface area contributed by atoms with E-state index in [1.807, 2.05) is 0 Å². The highest BCUT2D eigenvalue weighted by Gasteiger charge is 2.32. The third kappa shape index (κ3) is 9.39. The van der Waals surface area contributed by atoms with Gasteiger partial charge in [0.25, 0.3) is 0 Å². The summed E-state index contributed by atoms with van der Waals surface area (Å²) in [5, 5.41) is 3.25. The molecule has 1 fully saturated rings. The number of rotatable bonds is 13. The number of guanidine groups is 1. The maximum absolute atomic E-state index is 12.9. The predicted molar refractivity (Wildman–Crippen MR) is 112 cm³/mol. The highest BCUT2D eigenvalue weighted by atomic mass is 16.2. The van der Waals surface area contributed by atoms with E-state index in [1.165, 1.54) is 0 Å². The number of carbonyl (C=O) groups is 1. The summed E-state index contributed by atoms with van der Waals surface area (Å²) in [4.78, 5) is 19.1. The second-order valence-electron chi connectivity index (χ2n) is 8.01. The first kappa shape index (κ1) is 23.7. The molecule has 1 saturated heterocycles. The molecule has 3 atom stereocenters. The molecule has 0 spiro atoms. The highest BCUT2D eigenvalue weighted by Crippen LogP contribution is 2.19. The molecular weight excluding hydrogens is 342 g/mol. The molecule has 1 unspecified atom stereocenters. The summed E-state index contributed by atoms with van der Waals surface area (Å²) >= 11 is 0. The lowest BCUT2D eigenvalue weighted by molar-refractivity contribution is -0.126. The van der Waals surface area contributed by atoms with Gasteiger partial charge in [-0.1, -0.05) is 20.3 Å². The van der Waals surface area contributed by atoms with Gasteiger partial charge in [0.2, 0.25) is 5.91 Å².